The number of nitrogens with zero attached hydrogens (tertiary/aromatic N) is 4. The van der Waals surface area contributed by atoms with Crippen molar-refractivity contribution in [3.05, 3.63) is 54.0 Å². The van der Waals surface area contributed by atoms with Gasteiger partial charge in [0, 0.05) is 17.0 Å². The largest absolute Gasteiger partial charge is 0.480 e. The number of aromatic nitrogens is 5. The second-order valence-electron chi connectivity index (χ2n) is 5.21. The Bertz CT molecular complexity index is 1000. The van der Waals surface area contributed by atoms with Crippen LogP contribution in [0.4, 0.5) is 0 Å². The van der Waals surface area contributed by atoms with Gasteiger partial charge in [-0.15, -0.1) is 15.3 Å². The van der Waals surface area contributed by atoms with Gasteiger partial charge in [0.1, 0.15) is 5.69 Å². The molecule has 0 spiro atoms. The number of ether oxygens (including phenoxy) is 1. The van der Waals surface area contributed by atoms with Crippen molar-refractivity contribution in [2.24, 2.45) is 0 Å². The van der Waals surface area contributed by atoms with Gasteiger partial charge in [-0.3, -0.25) is 4.79 Å². The van der Waals surface area contributed by atoms with E-state index in [4.69, 9.17) is 4.74 Å². The third-order valence-corrected chi connectivity index (χ3v) is 3.69. The number of rotatable bonds is 4. The summed E-state index contributed by atoms with van der Waals surface area (Å²) in [6.45, 7) is 0.204. The van der Waals surface area contributed by atoms with Crippen LogP contribution in [0.25, 0.3) is 16.6 Å². The highest BCUT2D eigenvalue weighted by Crippen LogP contribution is 2.14. The highest BCUT2D eigenvalue weighted by atomic mass is 16.5. The number of carbonyl (C=O) groups excluding carboxylic acids is 1. The van der Waals surface area contributed by atoms with Crippen LogP contribution in [0.3, 0.4) is 0 Å². The maximum Gasteiger partial charge on any atom is 0.268 e. The predicted molar refractivity (Wildman–Crippen MR) is 86.8 cm³/mol. The number of aromatic amines is 1. The monoisotopic (exact) mass is 322 g/mol. The highest BCUT2D eigenvalue weighted by Gasteiger charge is 2.12. The first-order valence-corrected chi connectivity index (χ1v) is 7.36. The first kappa shape index (κ1) is 14.2. The molecule has 120 valence electrons. The van der Waals surface area contributed by atoms with Crippen molar-refractivity contribution in [2.75, 3.05) is 7.11 Å². The molecule has 4 aromatic rings. The number of methoxy groups -OCH3 is 1. The van der Waals surface area contributed by atoms with Gasteiger partial charge in [0.25, 0.3) is 5.91 Å². The maximum absolute atomic E-state index is 12.3. The molecular formula is C16H14N6O2. The zero-order valence-electron chi connectivity index (χ0n) is 12.9. The van der Waals surface area contributed by atoms with Crippen molar-refractivity contribution in [3.63, 3.8) is 0 Å². The summed E-state index contributed by atoms with van der Waals surface area (Å²) in [4.78, 5) is 15.4. The van der Waals surface area contributed by atoms with Crippen LogP contribution in [0, 0.1) is 0 Å². The molecule has 2 N–H and O–H groups in total. The summed E-state index contributed by atoms with van der Waals surface area (Å²) in [5, 5.41) is 16.1. The lowest BCUT2D eigenvalue weighted by Crippen LogP contribution is -2.24. The van der Waals surface area contributed by atoms with Gasteiger partial charge >= 0.3 is 0 Å². The molecule has 0 aliphatic rings. The minimum absolute atomic E-state index is 0.204. The molecule has 4 rings (SSSR count). The van der Waals surface area contributed by atoms with Crippen molar-refractivity contribution < 1.29 is 9.53 Å². The molecule has 0 atom stereocenters. The molecule has 0 fully saturated rings. The quantitative estimate of drug-likeness (QED) is 0.594. The lowest BCUT2D eigenvalue weighted by Gasteiger charge is -2.03. The van der Waals surface area contributed by atoms with E-state index in [0.29, 0.717) is 23.0 Å². The number of carbonyl (C=O) groups is 1. The normalized spacial score (nSPS) is 11.0. The first-order chi connectivity index (χ1) is 11.7. The van der Waals surface area contributed by atoms with Crippen LogP contribution >= 0.6 is 0 Å². The summed E-state index contributed by atoms with van der Waals surface area (Å²) in [5.41, 5.74) is 2.00. The molecule has 1 amide bonds. The van der Waals surface area contributed by atoms with Crippen molar-refractivity contribution in [3.8, 4) is 5.88 Å². The molecule has 0 saturated carbocycles. The Labute approximate surface area is 136 Å². The summed E-state index contributed by atoms with van der Waals surface area (Å²) < 4.78 is 6.64. The number of nitrogens with one attached hydrogen (secondary N) is 2. The third-order valence-electron chi connectivity index (χ3n) is 3.69. The van der Waals surface area contributed by atoms with Gasteiger partial charge in [0.05, 0.1) is 13.7 Å². The number of fused-ring (bicyclic) bond motifs is 2. The van der Waals surface area contributed by atoms with Crippen LogP contribution in [0.2, 0.25) is 0 Å². The van der Waals surface area contributed by atoms with E-state index in [1.165, 1.54) is 7.11 Å². The zero-order valence-corrected chi connectivity index (χ0v) is 12.9. The van der Waals surface area contributed by atoms with Gasteiger partial charge in [0.2, 0.25) is 5.88 Å². The SMILES string of the molecule is COc1ccc2nnc(CNC(=O)c3cc4ccccc4[nH]3)n2n1. The van der Waals surface area contributed by atoms with Crippen molar-refractivity contribution in [2.45, 2.75) is 6.54 Å². The average molecular weight is 322 g/mol. The second-order valence-corrected chi connectivity index (χ2v) is 5.21. The molecule has 0 bridgehead atoms. The minimum Gasteiger partial charge on any atom is -0.480 e. The van der Waals surface area contributed by atoms with Crippen LogP contribution in [0.5, 0.6) is 5.88 Å². The lowest BCUT2D eigenvalue weighted by molar-refractivity contribution is 0.0945. The molecular weight excluding hydrogens is 308 g/mol. The van der Waals surface area contributed by atoms with Gasteiger partial charge in [-0.1, -0.05) is 18.2 Å². The Balaban J connectivity index is 1.54. The standard InChI is InChI=1S/C16H14N6O2/c1-24-15-7-6-13-19-20-14(22(13)21-15)9-17-16(23)12-8-10-4-2-3-5-11(10)18-12/h2-8,18H,9H2,1H3,(H,17,23). The van der Waals surface area contributed by atoms with Crippen LogP contribution < -0.4 is 10.1 Å². The summed E-state index contributed by atoms with van der Waals surface area (Å²) >= 11 is 0. The number of H-pyrrole nitrogens is 1. The van der Waals surface area contributed by atoms with E-state index in [2.05, 4.69) is 25.6 Å². The molecule has 0 aliphatic carbocycles. The average Bonchev–Trinajstić information content (AvgIpc) is 3.23. The molecule has 8 heteroatoms. The van der Waals surface area contributed by atoms with Crippen LogP contribution in [0.1, 0.15) is 16.3 Å². The van der Waals surface area contributed by atoms with E-state index in [0.717, 1.165) is 10.9 Å². The Morgan fingerprint density at radius 1 is 1.25 bits per heavy atom. The fraction of sp³-hybridized carbons (Fsp3) is 0.125. The molecule has 8 nitrogen and oxygen atoms in total. The van der Waals surface area contributed by atoms with E-state index in [1.807, 2.05) is 30.3 Å². The Hall–Kier alpha value is -3.42. The minimum atomic E-state index is -0.217. The second kappa shape index (κ2) is 5.65. The van der Waals surface area contributed by atoms with Crippen molar-refractivity contribution in [1.82, 2.24) is 30.1 Å². The first-order valence-electron chi connectivity index (χ1n) is 7.36. The van der Waals surface area contributed by atoms with Gasteiger partial charge in [-0.25, -0.2) is 0 Å². The molecule has 3 heterocycles. The summed E-state index contributed by atoms with van der Waals surface area (Å²) in [6.07, 6.45) is 0. The van der Waals surface area contributed by atoms with Gasteiger partial charge in [-0.2, -0.15) is 4.52 Å². The van der Waals surface area contributed by atoms with E-state index in [9.17, 15) is 4.79 Å². The van der Waals surface area contributed by atoms with Crippen molar-refractivity contribution >= 4 is 22.5 Å². The number of amides is 1. The Kier molecular flexibility index (Phi) is 3.34. The highest BCUT2D eigenvalue weighted by molar-refractivity contribution is 5.97. The topological polar surface area (TPSA) is 97.2 Å². The molecule has 1 aromatic carbocycles. The molecule has 24 heavy (non-hydrogen) atoms. The van der Waals surface area contributed by atoms with E-state index >= 15 is 0 Å². The fourth-order valence-electron chi connectivity index (χ4n) is 2.49. The number of benzene rings is 1. The summed E-state index contributed by atoms with van der Waals surface area (Å²) in [7, 11) is 1.54. The van der Waals surface area contributed by atoms with Crippen LogP contribution in [-0.2, 0) is 6.54 Å². The third kappa shape index (κ3) is 2.43. The van der Waals surface area contributed by atoms with E-state index < -0.39 is 0 Å². The van der Waals surface area contributed by atoms with Gasteiger partial charge < -0.3 is 15.0 Å². The fourth-order valence-corrected chi connectivity index (χ4v) is 2.49. The van der Waals surface area contributed by atoms with E-state index in [-0.39, 0.29) is 12.5 Å². The molecule has 0 saturated heterocycles. The maximum atomic E-state index is 12.3. The lowest BCUT2D eigenvalue weighted by atomic mass is 10.2. The zero-order chi connectivity index (χ0) is 16.5. The molecule has 0 unspecified atom stereocenters. The Morgan fingerprint density at radius 3 is 2.96 bits per heavy atom. The van der Waals surface area contributed by atoms with Crippen molar-refractivity contribution in [1.29, 1.82) is 0 Å². The number of hydrogen-bond donors (Lipinski definition) is 2. The van der Waals surface area contributed by atoms with Crippen LogP contribution in [-0.4, -0.2) is 37.8 Å². The van der Waals surface area contributed by atoms with Crippen LogP contribution in [0.15, 0.2) is 42.5 Å². The van der Waals surface area contributed by atoms with Gasteiger partial charge in [-0.05, 0) is 18.2 Å². The summed E-state index contributed by atoms with van der Waals surface area (Å²) in [6, 6.07) is 13.0. The molecule has 0 radical (unpaired) electrons. The van der Waals surface area contributed by atoms with E-state index in [1.54, 1.807) is 16.6 Å². The Morgan fingerprint density at radius 2 is 2.12 bits per heavy atom. The predicted octanol–water partition coefficient (Wildman–Crippen LogP) is 1.54. The molecule has 0 aliphatic heterocycles. The number of para-hydroxylation sites is 1. The smallest absolute Gasteiger partial charge is 0.268 e. The number of hydrogen-bond acceptors (Lipinski definition) is 5. The molecule has 3 aromatic heterocycles. The van der Waals surface area contributed by atoms with Gasteiger partial charge in [0.15, 0.2) is 11.5 Å². The summed E-state index contributed by atoms with van der Waals surface area (Å²) in [5.74, 6) is 0.754.